The maximum Gasteiger partial charge on any atom is 0.239 e. The highest BCUT2D eigenvalue weighted by atomic mass is 16.2. The number of aromatic amines is 1. The second kappa shape index (κ2) is 6.85. The quantitative estimate of drug-likeness (QED) is 0.721. The number of likely N-dealkylation sites (N-methyl/N-ethyl adjacent to an activating group) is 1. The molecule has 0 aromatic carbocycles. The zero-order chi connectivity index (χ0) is 19.9. The fourth-order valence-corrected chi connectivity index (χ4v) is 3.55. The topological polar surface area (TPSA) is 99.7 Å². The van der Waals surface area contributed by atoms with Gasteiger partial charge in [-0.25, -0.2) is 9.97 Å². The molecule has 3 aromatic rings. The van der Waals surface area contributed by atoms with E-state index in [-0.39, 0.29) is 18.0 Å². The van der Waals surface area contributed by atoms with E-state index in [4.69, 9.17) is 9.97 Å². The number of anilines is 1. The first-order valence-corrected chi connectivity index (χ1v) is 9.51. The SMILES string of the molecule is CN(CC(=O)NC(C)(C)C)c1nc(-c2cc3[nH]ncc3cn2)nc2c1CCC2. The molecule has 0 saturated carbocycles. The Morgan fingerprint density at radius 2 is 2.07 bits per heavy atom. The molecule has 146 valence electrons. The molecule has 8 heteroatoms. The van der Waals surface area contributed by atoms with Gasteiger partial charge in [0, 0.05) is 35.4 Å². The summed E-state index contributed by atoms with van der Waals surface area (Å²) in [5, 5.41) is 11.0. The summed E-state index contributed by atoms with van der Waals surface area (Å²) in [6.07, 6.45) is 6.42. The van der Waals surface area contributed by atoms with Crippen molar-refractivity contribution in [1.82, 2.24) is 30.5 Å². The Morgan fingerprint density at radius 3 is 2.86 bits per heavy atom. The summed E-state index contributed by atoms with van der Waals surface area (Å²) in [5.41, 5.74) is 3.51. The van der Waals surface area contributed by atoms with Gasteiger partial charge in [-0.3, -0.25) is 14.9 Å². The van der Waals surface area contributed by atoms with Crippen LogP contribution in [0.1, 0.15) is 38.4 Å². The number of hydrogen-bond donors (Lipinski definition) is 2. The van der Waals surface area contributed by atoms with Gasteiger partial charge < -0.3 is 10.2 Å². The van der Waals surface area contributed by atoms with Crippen molar-refractivity contribution >= 4 is 22.6 Å². The molecule has 8 nitrogen and oxygen atoms in total. The number of aryl methyl sites for hydroxylation is 1. The molecule has 0 aliphatic heterocycles. The van der Waals surface area contributed by atoms with Gasteiger partial charge in [-0.05, 0) is 46.1 Å². The average molecular weight is 379 g/mol. The van der Waals surface area contributed by atoms with Gasteiger partial charge in [0.25, 0.3) is 0 Å². The van der Waals surface area contributed by atoms with E-state index in [9.17, 15) is 4.79 Å². The van der Waals surface area contributed by atoms with Crippen LogP contribution in [0.3, 0.4) is 0 Å². The molecule has 3 aromatic heterocycles. The lowest BCUT2D eigenvalue weighted by atomic mass is 10.1. The lowest BCUT2D eigenvalue weighted by Crippen LogP contribution is -2.45. The Bertz CT molecular complexity index is 1030. The summed E-state index contributed by atoms with van der Waals surface area (Å²) >= 11 is 0. The fraction of sp³-hybridized carbons (Fsp3) is 0.450. The number of pyridine rings is 1. The average Bonchev–Trinajstić information content (AvgIpc) is 3.27. The van der Waals surface area contributed by atoms with Gasteiger partial charge in [-0.15, -0.1) is 0 Å². The Kier molecular flexibility index (Phi) is 4.49. The lowest BCUT2D eigenvalue weighted by molar-refractivity contribution is -0.121. The summed E-state index contributed by atoms with van der Waals surface area (Å²) in [4.78, 5) is 28.4. The number of hydrogen-bond acceptors (Lipinski definition) is 6. The van der Waals surface area contributed by atoms with Crippen LogP contribution < -0.4 is 10.2 Å². The third kappa shape index (κ3) is 3.67. The van der Waals surface area contributed by atoms with Gasteiger partial charge in [0.05, 0.1) is 18.3 Å². The molecular weight excluding hydrogens is 354 g/mol. The minimum absolute atomic E-state index is 0.0288. The zero-order valence-corrected chi connectivity index (χ0v) is 16.7. The number of carbonyl (C=O) groups is 1. The molecule has 4 rings (SSSR count). The van der Waals surface area contributed by atoms with Crippen molar-refractivity contribution in [2.45, 2.75) is 45.6 Å². The maximum absolute atomic E-state index is 12.4. The summed E-state index contributed by atoms with van der Waals surface area (Å²) in [7, 11) is 1.90. The number of nitrogens with one attached hydrogen (secondary N) is 2. The summed E-state index contributed by atoms with van der Waals surface area (Å²) in [6, 6.07) is 1.91. The van der Waals surface area contributed by atoms with Crippen molar-refractivity contribution < 1.29 is 4.79 Å². The highest BCUT2D eigenvalue weighted by Gasteiger charge is 2.24. The molecule has 0 saturated heterocycles. The van der Waals surface area contributed by atoms with Crippen LogP contribution in [-0.2, 0) is 17.6 Å². The Hall–Kier alpha value is -3.03. The van der Waals surface area contributed by atoms with Gasteiger partial charge in [0.2, 0.25) is 5.91 Å². The van der Waals surface area contributed by atoms with Crippen molar-refractivity contribution in [1.29, 1.82) is 0 Å². The van der Waals surface area contributed by atoms with Gasteiger partial charge in [-0.1, -0.05) is 0 Å². The van der Waals surface area contributed by atoms with Crippen molar-refractivity contribution in [2.24, 2.45) is 0 Å². The van der Waals surface area contributed by atoms with E-state index in [2.05, 4.69) is 20.5 Å². The maximum atomic E-state index is 12.4. The van der Waals surface area contributed by atoms with E-state index in [1.807, 2.05) is 38.8 Å². The van der Waals surface area contributed by atoms with Crippen LogP contribution in [0.4, 0.5) is 5.82 Å². The van der Waals surface area contributed by atoms with Gasteiger partial charge in [-0.2, -0.15) is 5.10 Å². The van der Waals surface area contributed by atoms with Gasteiger partial charge >= 0.3 is 0 Å². The molecule has 0 unspecified atom stereocenters. The second-order valence-corrected chi connectivity index (χ2v) is 8.33. The predicted octanol–water partition coefficient (Wildman–Crippen LogP) is 2.25. The van der Waals surface area contributed by atoms with Crippen LogP contribution in [-0.4, -0.2) is 50.2 Å². The number of carbonyl (C=O) groups excluding carboxylic acids is 1. The standard InChI is InChI=1S/C20H25N7O/c1-20(2,3)25-17(28)11-27(4)19-13-6-5-7-14(13)23-18(24-19)16-8-15-12(9-21-16)10-22-26-15/h8-10H,5-7,11H2,1-4H3,(H,22,26)(H,25,28). The van der Waals surface area contributed by atoms with Crippen LogP contribution >= 0.6 is 0 Å². The molecule has 0 bridgehead atoms. The Morgan fingerprint density at radius 1 is 1.25 bits per heavy atom. The van der Waals surface area contributed by atoms with E-state index in [0.29, 0.717) is 11.5 Å². The van der Waals surface area contributed by atoms with Crippen LogP contribution in [0.2, 0.25) is 0 Å². The van der Waals surface area contributed by atoms with Crippen LogP contribution in [0.15, 0.2) is 18.5 Å². The number of fused-ring (bicyclic) bond motifs is 2. The molecule has 2 N–H and O–H groups in total. The van der Waals surface area contributed by atoms with E-state index in [0.717, 1.165) is 47.2 Å². The molecule has 3 heterocycles. The van der Waals surface area contributed by atoms with E-state index < -0.39 is 0 Å². The first kappa shape index (κ1) is 18.3. The van der Waals surface area contributed by atoms with Gasteiger partial charge in [0.1, 0.15) is 11.5 Å². The molecule has 0 radical (unpaired) electrons. The first-order chi connectivity index (χ1) is 13.3. The minimum atomic E-state index is -0.264. The third-order valence-electron chi connectivity index (χ3n) is 4.72. The minimum Gasteiger partial charge on any atom is -0.350 e. The number of rotatable bonds is 4. The molecule has 28 heavy (non-hydrogen) atoms. The molecule has 0 fully saturated rings. The summed E-state index contributed by atoms with van der Waals surface area (Å²) in [6.45, 7) is 6.17. The largest absolute Gasteiger partial charge is 0.350 e. The van der Waals surface area contributed by atoms with E-state index in [1.54, 1.807) is 12.4 Å². The highest BCUT2D eigenvalue weighted by Crippen LogP contribution is 2.31. The first-order valence-electron chi connectivity index (χ1n) is 9.51. The van der Waals surface area contributed by atoms with Gasteiger partial charge in [0.15, 0.2) is 5.82 Å². The molecule has 1 amide bonds. The molecule has 1 aliphatic carbocycles. The number of aromatic nitrogens is 5. The number of H-pyrrole nitrogens is 1. The number of amides is 1. The van der Waals surface area contributed by atoms with Crippen molar-refractivity contribution in [2.75, 3.05) is 18.5 Å². The second-order valence-electron chi connectivity index (χ2n) is 8.33. The molecule has 0 atom stereocenters. The smallest absolute Gasteiger partial charge is 0.239 e. The van der Waals surface area contributed by atoms with Crippen molar-refractivity contribution in [3.8, 4) is 11.5 Å². The molecular formula is C20H25N7O. The van der Waals surface area contributed by atoms with Crippen LogP contribution in [0.25, 0.3) is 22.4 Å². The summed E-state index contributed by atoms with van der Waals surface area (Å²) < 4.78 is 0. The monoisotopic (exact) mass is 379 g/mol. The van der Waals surface area contributed by atoms with E-state index >= 15 is 0 Å². The lowest BCUT2D eigenvalue weighted by Gasteiger charge is -2.25. The highest BCUT2D eigenvalue weighted by molar-refractivity contribution is 5.82. The third-order valence-corrected chi connectivity index (χ3v) is 4.72. The van der Waals surface area contributed by atoms with Crippen LogP contribution in [0, 0.1) is 0 Å². The zero-order valence-electron chi connectivity index (χ0n) is 16.7. The number of nitrogens with zero attached hydrogens (tertiary/aromatic N) is 5. The van der Waals surface area contributed by atoms with E-state index in [1.165, 1.54) is 0 Å². The predicted molar refractivity (Wildman–Crippen MR) is 108 cm³/mol. The van der Waals surface area contributed by atoms with Crippen molar-refractivity contribution in [3.63, 3.8) is 0 Å². The molecule has 1 aliphatic rings. The summed E-state index contributed by atoms with van der Waals surface area (Å²) in [5.74, 6) is 1.36. The van der Waals surface area contributed by atoms with Crippen molar-refractivity contribution in [3.05, 3.63) is 29.7 Å². The molecule has 0 spiro atoms. The Labute approximate surface area is 163 Å². The van der Waals surface area contributed by atoms with Crippen LogP contribution in [0.5, 0.6) is 0 Å². The normalized spacial score (nSPS) is 13.6. The Balaban J connectivity index is 1.68. The fourth-order valence-electron chi connectivity index (χ4n) is 3.55.